The zero-order valence-electron chi connectivity index (χ0n) is 13.8. The van der Waals surface area contributed by atoms with Gasteiger partial charge in [0.2, 0.25) is 0 Å². The molecular formula is C17H23N5O2. The summed E-state index contributed by atoms with van der Waals surface area (Å²) >= 11 is 0. The van der Waals surface area contributed by atoms with Gasteiger partial charge in [-0.05, 0) is 43.2 Å². The molecule has 1 amide bonds. The van der Waals surface area contributed by atoms with E-state index in [-0.39, 0.29) is 17.7 Å². The molecule has 2 aliphatic rings. The van der Waals surface area contributed by atoms with Crippen molar-refractivity contribution >= 4 is 5.91 Å². The Morgan fingerprint density at radius 1 is 1.42 bits per heavy atom. The third kappa shape index (κ3) is 2.84. The molecule has 0 spiro atoms. The Kier molecular flexibility index (Phi) is 3.88. The number of aliphatic hydroxyl groups excluding tert-OH is 1. The summed E-state index contributed by atoms with van der Waals surface area (Å²) in [5, 5.41) is 21.4. The zero-order valence-corrected chi connectivity index (χ0v) is 13.8. The van der Waals surface area contributed by atoms with E-state index in [0.717, 1.165) is 17.8 Å². The molecule has 0 aromatic carbocycles. The highest BCUT2D eigenvalue weighted by Crippen LogP contribution is 2.41. The smallest absolute Gasteiger partial charge is 0.268 e. The summed E-state index contributed by atoms with van der Waals surface area (Å²) in [4.78, 5) is 15.5. The lowest BCUT2D eigenvalue weighted by molar-refractivity contribution is 0.0911. The number of H-pyrrole nitrogens is 1. The molecule has 2 heterocycles. The van der Waals surface area contributed by atoms with Crippen LogP contribution in [0.2, 0.25) is 0 Å². The lowest BCUT2D eigenvalue weighted by Gasteiger charge is -2.15. The predicted octanol–water partition coefficient (Wildman–Crippen LogP) is 1.31. The maximum atomic E-state index is 12.4. The number of aromatic nitrogens is 4. The number of rotatable bonds is 5. The van der Waals surface area contributed by atoms with Crippen molar-refractivity contribution in [3.63, 3.8) is 0 Å². The van der Waals surface area contributed by atoms with E-state index in [0.29, 0.717) is 24.6 Å². The van der Waals surface area contributed by atoms with Crippen LogP contribution in [0.4, 0.5) is 0 Å². The second-order valence-corrected chi connectivity index (χ2v) is 7.09. The summed E-state index contributed by atoms with van der Waals surface area (Å²) in [6, 6.07) is 2.00. The fourth-order valence-electron chi connectivity index (χ4n) is 3.82. The van der Waals surface area contributed by atoms with Crippen molar-refractivity contribution in [2.24, 2.45) is 13.0 Å². The van der Waals surface area contributed by atoms with Crippen molar-refractivity contribution in [1.29, 1.82) is 0 Å². The number of aromatic amines is 1. The number of carbonyl (C=O) groups excluding carboxylic acids is 1. The van der Waals surface area contributed by atoms with Gasteiger partial charge in [0.25, 0.3) is 5.91 Å². The van der Waals surface area contributed by atoms with Gasteiger partial charge in [0.15, 0.2) is 0 Å². The Bertz CT molecular complexity index is 733. The quantitative estimate of drug-likeness (QED) is 0.770. The fraction of sp³-hybridized carbons (Fsp3) is 0.588. The van der Waals surface area contributed by atoms with Gasteiger partial charge in [-0.2, -0.15) is 0 Å². The van der Waals surface area contributed by atoms with Crippen LogP contribution in [0.5, 0.6) is 0 Å². The molecule has 0 aliphatic heterocycles. The number of aryl methyl sites for hydroxylation is 1. The first kappa shape index (κ1) is 15.4. The summed E-state index contributed by atoms with van der Waals surface area (Å²) in [6.45, 7) is 0.484. The van der Waals surface area contributed by atoms with Crippen molar-refractivity contribution in [3.05, 3.63) is 35.7 Å². The molecule has 7 heteroatoms. The second kappa shape index (κ2) is 6.05. The number of aliphatic hydroxyl groups is 1. The molecule has 0 unspecified atom stereocenters. The van der Waals surface area contributed by atoms with Crippen molar-refractivity contribution in [2.45, 2.75) is 43.6 Å². The summed E-state index contributed by atoms with van der Waals surface area (Å²) in [5.41, 5.74) is 1.80. The Morgan fingerprint density at radius 3 is 2.96 bits per heavy atom. The normalized spacial score (nSPS) is 26.7. The van der Waals surface area contributed by atoms with E-state index in [2.05, 4.69) is 20.5 Å². The molecule has 4 rings (SSSR count). The van der Waals surface area contributed by atoms with Crippen LogP contribution in [0.1, 0.15) is 59.4 Å². The first-order valence-corrected chi connectivity index (χ1v) is 8.61. The highest BCUT2D eigenvalue weighted by atomic mass is 16.3. The first-order valence-electron chi connectivity index (χ1n) is 8.61. The van der Waals surface area contributed by atoms with Gasteiger partial charge < -0.3 is 20.0 Å². The van der Waals surface area contributed by atoms with Crippen LogP contribution in [-0.4, -0.2) is 43.4 Å². The van der Waals surface area contributed by atoms with Gasteiger partial charge >= 0.3 is 0 Å². The average molecular weight is 329 g/mol. The molecule has 2 aliphatic carbocycles. The fourth-order valence-corrected chi connectivity index (χ4v) is 3.82. The summed E-state index contributed by atoms with van der Waals surface area (Å²) < 4.78 is 1.90. The zero-order chi connectivity index (χ0) is 16.7. The van der Waals surface area contributed by atoms with Crippen LogP contribution < -0.4 is 5.32 Å². The molecule has 7 nitrogen and oxygen atoms in total. The standard InChI is InChI=1S/C17H23N5O2/c1-22-9-20-21-16(22)11-6-12(14(23)7-11)8-19-17(24)15-13(4-5-18-15)10-2-3-10/h4-5,9-12,14,18,23H,2-3,6-8H2,1H3,(H,19,24)/t11-,12+,14+/m0/s1. The molecule has 2 aromatic heterocycles. The number of nitrogens with one attached hydrogen (secondary N) is 2. The second-order valence-electron chi connectivity index (χ2n) is 7.09. The van der Waals surface area contributed by atoms with Crippen molar-refractivity contribution in [3.8, 4) is 0 Å². The molecule has 2 saturated carbocycles. The molecule has 0 radical (unpaired) electrons. The van der Waals surface area contributed by atoms with Crippen LogP contribution in [0.25, 0.3) is 0 Å². The summed E-state index contributed by atoms with van der Waals surface area (Å²) in [5.74, 6) is 1.62. The topological polar surface area (TPSA) is 95.8 Å². The molecule has 128 valence electrons. The van der Waals surface area contributed by atoms with E-state index in [4.69, 9.17) is 0 Å². The Labute approximate surface area is 140 Å². The van der Waals surface area contributed by atoms with E-state index < -0.39 is 6.10 Å². The van der Waals surface area contributed by atoms with Gasteiger partial charge in [0.05, 0.1) is 6.10 Å². The molecule has 2 fully saturated rings. The van der Waals surface area contributed by atoms with Gasteiger partial charge in [-0.1, -0.05) is 0 Å². The molecule has 3 N–H and O–H groups in total. The minimum atomic E-state index is -0.418. The Hall–Kier alpha value is -2.15. The molecule has 24 heavy (non-hydrogen) atoms. The predicted molar refractivity (Wildman–Crippen MR) is 87.6 cm³/mol. The van der Waals surface area contributed by atoms with E-state index in [1.165, 1.54) is 12.8 Å². The monoisotopic (exact) mass is 329 g/mol. The van der Waals surface area contributed by atoms with Crippen molar-refractivity contribution < 1.29 is 9.90 Å². The van der Waals surface area contributed by atoms with Crippen LogP contribution in [-0.2, 0) is 7.05 Å². The van der Waals surface area contributed by atoms with Crippen LogP contribution >= 0.6 is 0 Å². The molecule has 2 aromatic rings. The van der Waals surface area contributed by atoms with Gasteiger partial charge in [0, 0.05) is 31.6 Å². The van der Waals surface area contributed by atoms with Crippen LogP contribution in [0.15, 0.2) is 18.6 Å². The number of hydrogen-bond acceptors (Lipinski definition) is 4. The first-order chi connectivity index (χ1) is 11.6. The van der Waals surface area contributed by atoms with Gasteiger partial charge in [-0.25, -0.2) is 0 Å². The Balaban J connectivity index is 1.36. The maximum absolute atomic E-state index is 12.4. The van der Waals surface area contributed by atoms with Crippen LogP contribution in [0.3, 0.4) is 0 Å². The summed E-state index contributed by atoms with van der Waals surface area (Å²) in [6.07, 6.45) is 6.91. The average Bonchev–Trinajstić information content (AvgIpc) is 2.96. The lowest BCUT2D eigenvalue weighted by Crippen LogP contribution is -2.33. The van der Waals surface area contributed by atoms with E-state index in [1.807, 2.05) is 23.9 Å². The number of hydrogen-bond donors (Lipinski definition) is 3. The maximum Gasteiger partial charge on any atom is 0.268 e. The van der Waals surface area contributed by atoms with Gasteiger partial charge in [-0.15, -0.1) is 10.2 Å². The van der Waals surface area contributed by atoms with Crippen molar-refractivity contribution in [1.82, 2.24) is 25.1 Å². The van der Waals surface area contributed by atoms with Crippen LogP contribution in [0, 0.1) is 5.92 Å². The Morgan fingerprint density at radius 2 is 2.25 bits per heavy atom. The number of carbonyl (C=O) groups is 1. The highest BCUT2D eigenvalue weighted by Gasteiger charge is 2.36. The van der Waals surface area contributed by atoms with E-state index >= 15 is 0 Å². The highest BCUT2D eigenvalue weighted by molar-refractivity contribution is 5.94. The van der Waals surface area contributed by atoms with Gasteiger partial charge in [-0.3, -0.25) is 4.79 Å². The summed E-state index contributed by atoms with van der Waals surface area (Å²) in [7, 11) is 1.92. The SMILES string of the molecule is Cn1cnnc1[C@H]1C[C@H](CNC(=O)c2[nH]ccc2C2CC2)[C@H](O)C1. The lowest BCUT2D eigenvalue weighted by atomic mass is 10.0. The molecule has 3 atom stereocenters. The minimum absolute atomic E-state index is 0.0509. The number of nitrogens with zero attached hydrogens (tertiary/aromatic N) is 3. The largest absolute Gasteiger partial charge is 0.393 e. The molecular weight excluding hydrogens is 306 g/mol. The van der Waals surface area contributed by atoms with Gasteiger partial charge in [0.1, 0.15) is 17.8 Å². The van der Waals surface area contributed by atoms with E-state index in [9.17, 15) is 9.90 Å². The molecule has 0 bridgehead atoms. The number of amides is 1. The van der Waals surface area contributed by atoms with Crippen molar-refractivity contribution in [2.75, 3.05) is 6.54 Å². The third-order valence-electron chi connectivity index (χ3n) is 5.32. The third-order valence-corrected chi connectivity index (χ3v) is 5.32. The minimum Gasteiger partial charge on any atom is -0.393 e. The molecule has 0 saturated heterocycles. The van der Waals surface area contributed by atoms with E-state index in [1.54, 1.807) is 6.33 Å².